The summed E-state index contributed by atoms with van der Waals surface area (Å²) in [6, 6.07) is 21.8. The fraction of sp³-hybridized carbons (Fsp3) is 0.125. The molecule has 4 aromatic rings. The van der Waals surface area contributed by atoms with E-state index in [-0.39, 0.29) is 5.92 Å². The maximum Gasteiger partial charge on any atom is 0.411 e. The van der Waals surface area contributed by atoms with Crippen LogP contribution in [0.25, 0.3) is 11.3 Å². The van der Waals surface area contributed by atoms with Gasteiger partial charge in [-0.1, -0.05) is 42.5 Å². The van der Waals surface area contributed by atoms with Crippen LogP contribution in [0, 0.1) is 0 Å². The third-order valence-electron chi connectivity index (χ3n) is 4.94. The lowest BCUT2D eigenvalue weighted by atomic mass is 9.95. The van der Waals surface area contributed by atoms with Gasteiger partial charge in [-0.3, -0.25) is 10.3 Å². The standard InChI is InChI=1S/C24H21BrN4O2/c1-31-24(30)28-19-10-7-17(8-11-19)22-15-27-23(29-22)20(13-16-5-3-2-4-6-16)21-12-9-18(25)14-26-21/h2-12,14-15,20H,13H2,1H3,(H,27,29)(H,28,30). The number of pyridine rings is 1. The van der Waals surface area contributed by atoms with Crippen LogP contribution in [0.5, 0.6) is 0 Å². The van der Waals surface area contributed by atoms with Crippen LogP contribution in [0.1, 0.15) is 23.0 Å². The van der Waals surface area contributed by atoms with Gasteiger partial charge in [-0.05, 0) is 57.7 Å². The average molecular weight is 477 g/mol. The topological polar surface area (TPSA) is 79.9 Å². The van der Waals surface area contributed by atoms with E-state index in [4.69, 9.17) is 0 Å². The molecule has 31 heavy (non-hydrogen) atoms. The second-order valence-corrected chi connectivity index (χ2v) is 7.94. The molecule has 0 bridgehead atoms. The van der Waals surface area contributed by atoms with Crippen molar-refractivity contribution in [3.63, 3.8) is 0 Å². The van der Waals surface area contributed by atoms with Crippen molar-refractivity contribution in [3.8, 4) is 11.3 Å². The van der Waals surface area contributed by atoms with Crippen molar-refractivity contribution in [2.75, 3.05) is 12.4 Å². The van der Waals surface area contributed by atoms with Gasteiger partial charge in [0.2, 0.25) is 0 Å². The summed E-state index contributed by atoms with van der Waals surface area (Å²) in [4.78, 5) is 24.1. The Morgan fingerprint density at radius 3 is 2.48 bits per heavy atom. The number of H-pyrrole nitrogens is 1. The molecule has 0 fully saturated rings. The molecule has 0 aliphatic carbocycles. The molecule has 0 saturated carbocycles. The maximum absolute atomic E-state index is 11.4. The quantitative estimate of drug-likeness (QED) is 0.369. The Morgan fingerprint density at radius 2 is 1.81 bits per heavy atom. The van der Waals surface area contributed by atoms with Gasteiger partial charge in [0.25, 0.3) is 0 Å². The van der Waals surface area contributed by atoms with E-state index in [1.54, 1.807) is 0 Å². The van der Waals surface area contributed by atoms with E-state index in [0.29, 0.717) is 5.69 Å². The highest BCUT2D eigenvalue weighted by Crippen LogP contribution is 2.28. The van der Waals surface area contributed by atoms with E-state index in [1.165, 1.54) is 12.7 Å². The van der Waals surface area contributed by atoms with Crippen LogP contribution in [-0.2, 0) is 11.2 Å². The molecule has 156 valence electrons. The Kier molecular flexibility index (Phi) is 6.43. The zero-order valence-corrected chi connectivity index (χ0v) is 18.5. The van der Waals surface area contributed by atoms with Crippen LogP contribution in [-0.4, -0.2) is 28.2 Å². The SMILES string of the molecule is COC(=O)Nc1ccc(-c2cnc(C(Cc3ccccc3)c3ccc(Br)cn3)[nH]2)cc1. The van der Waals surface area contributed by atoms with Crippen LogP contribution in [0.4, 0.5) is 10.5 Å². The van der Waals surface area contributed by atoms with Crippen molar-refractivity contribution in [1.82, 2.24) is 15.0 Å². The fourth-order valence-electron chi connectivity index (χ4n) is 3.35. The summed E-state index contributed by atoms with van der Waals surface area (Å²) in [6.07, 6.45) is 3.92. The number of aromatic nitrogens is 3. The number of methoxy groups -OCH3 is 1. The number of carbonyl (C=O) groups is 1. The number of nitrogens with one attached hydrogen (secondary N) is 2. The predicted octanol–water partition coefficient (Wildman–Crippen LogP) is 5.79. The van der Waals surface area contributed by atoms with Crippen molar-refractivity contribution in [2.24, 2.45) is 0 Å². The number of hydrogen-bond acceptors (Lipinski definition) is 4. The molecule has 2 heterocycles. The van der Waals surface area contributed by atoms with Crippen LogP contribution < -0.4 is 5.32 Å². The second kappa shape index (κ2) is 9.57. The Morgan fingerprint density at radius 1 is 1.03 bits per heavy atom. The average Bonchev–Trinajstić information content (AvgIpc) is 3.29. The Balaban J connectivity index is 1.61. The van der Waals surface area contributed by atoms with Gasteiger partial charge < -0.3 is 9.72 Å². The normalized spacial score (nSPS) is 11.7. The summed E-state index contributed by atoms with van der Waals surface area (Å²) in [7, 11) is 1.34. The zero-order chi connectivity index (χ0) is 21.6. The Labute approximate surface area is 188 Å². The molecule has 0 radical (unpaired) electrons. The number of anilines is 1. The number of aromatic amines is 1. The van der Waals surface area contributed by atoms with Crippen molar-refractivity contribution < 1.29 is 9.53 Å². The summed E-state index contributed by atoms with van der Waals surface area (Å²) in [5, 5.41) is 2.65. The molecule has 1 amide bonds. The van der Waals surface area contributed by atoms with Crippen molar-refractivity contribution in [2.45, 2.75) is 12.3 Å². The first-order valence-corrected chi connectivity index (χ1v) is 10.6. The molecule has 2 aromatic carbocycles. The molecule has 1 unspecified atom stereocenters. The molecule has 7 heteroatoms. The number of nitrogens with zero attached hydrogens (tertiary/aromatic N) is 2. The number of carbonyl (C=O) groups excluding carboxylic acids is 1. The first kappa shape index (κ1) is 20.8. The monoisotopic (exact) mass is 476 g/mol. The molecule has 0 saturated heterocycles. The minimum absolute atomic E-state index is 0.00971. The molecule has 2 N–H and O–H groups in total. The van der Waals surface area contributed by atoms with Gasteiger partial charge in [0.15, 0.2) is 0 Å². The number of hydrogen-bond donors (Lipinski definition) is 2. The smallest absolute Gasteiger partial charge is 0.411 e. The number of benzene rings is 2. The van der Waals surface area contributed by atoms with Gasteiger partial charge >= 0.3 is 6.09 Å². The van der Waals surface area contributed by atoms with Crippen LogP contribution >= 0.6 is 15.9 Å². The van der Waals surface area contributed by atoms with E-state index >= 15 is 0 Å². The van der Waals surface area contributed by atoms with Gasteiger partial charge in [-0.25, -0.2) is 9.78 Å². The maximum atomic E-state index is 11.4. The van der Waals surface area contributed by atoms with E-state index in [1.807, 2.05) is 67.0 Å². The minimum atomic E-state index is -0.498. The molecule has 4 rings (SSSR count). The van der Waals surface area contributed by atoms with Crippen molar-refractivity contribution >= 4 is 27.7 Å². The lowest BCUT2D eigenvalue weighted by Gasteiger charge is -2.15. The summed E-state index contributed by atoms with van der Waals surface area (Å²) in [5.74, 6) is 0.843. The third-order valence-corrected chi connectivity index (χ3v) is 5.41. The first-order chi connectivity index (χ1) is 15.1. The molecular formula is C24H21BrN4O2. The van der Waals surface area contributed by atoms with Gasteiger partial charge in [-0.2, -0.15) is 0 Å². The van der Waals surface area contributed by atoms with Gasteiger partial charge in [0.1, 0.15) is 5.82 Å². The highest BCUT2D eigenvalue weighted by molar-refractivity contribution is 9.10. The largest absolute Gasteiger partial charge is 0.453 e. The molecular weight excluding hydrogens is 456 g/mol. The van der Waals surface area contributed by atoms with Gasteiger partial charge in [0, 0.05) is 16.4 Å². The minimum Gasteiger partial charge on any atom is -0.453 e. The Bertz CT molecular complexity index is 1140. The molecule has 6 nitrogen and oxygen atoms in total. The van der Waals surface area contributed by atoms with Crippen molar-refractivity contribution in [1.29, 1.82) is 0 Å². The van der Waals surface area contributed by atoms with Crippen LogP contribution in [0.15, 0.2) is 83.6 Å². The highest BCUT2D eigenvalue weighted by atomic mass is 79.9. The summed E-state index contributed by atoms with van der Waals surface area (Å²) < 4.78 is 5.56. The molecule has 0 spiro atoms. The number of amides is 1. The first-order valence-electron chi connectivity index (χ1n) is 9.78. The fourth-order valence-corrected chi connectivity index (χ4v) is 3.58. The second-order valence-electron chi connectivity index (χ2n) is 7.02. The lowest BCUT2D eigenvalue weighted by Crippen LogP contribution is -2.10. The summed E-state index contributed by atoms with van der Waals surface area (Å²) >= 11 is 3.46. The highest BCUT2D eigenvalue weighted by Gasteiger charge is 2.20. The predicted molar refractivity (Wildman–Crippen MR) is 124 cm³/mol. The van der Waals surface area contributed by atoms with E-state index in [0.717, 1.165) is 33.7 Å². The Hall–Kier alpha value is -3.45. The molecule has 2 aromatic heterocycles. The van der Waals surface area contributed by atoms with Crippen LogP contribution in [0.2, 0.25) is 0 Å². The van der Waals surface area contributed by atoms with E-state index in [9.17, 15) is 4.79 Å². The molecule has 0 aliphatic rings. The summed E-state index contributed by atoms with van der Waals surface area (Å²) in [6.45, 7) is 0. The number of imidazole rings is 1. The molecule has 0 aliphatic heterocycles. The van der Waals surface area contributed by atoms with E-state index in [2.05, 4.69) is 53.1 Å². The zero-order valence-electron chi connectivity index (χ0n) is 16.9. The van der Waals surface area contributed by atoms with Crippen molar-refractivity contribution in [3.05, 3.63) is 101 Å². The number of ether oxygens (including phenoxy) is 1. The van der Waals surface area contributed by atoms with Crippen LogP contribution in [0.3, 0.4) is 0 Å². The summed E-state index contributed by atoms with van der Waals surface area (Å²) in [5.41, 5.74) is 4.70. The molecule has 1 atom stereocenters. The van der Waals surface area contributed by atoms with E-state index < -0.39 is 6.09 Å². The van der Waals surface area contributed by atoms with Gasteiger partial charge in [-0.15, -0.1) is 0 Å². The number of halogens is 1. The van der Waals surface area contributed by atoms with Gasteiger partial charge in [0.05, 0.1) is 30.6 Å². The number of rotatable bonds is 6. The lowest BCUT2D eigenvalue weighted by molar-refractivity contribution is 0.187. The third kappa shape index (κ3) is 5.19.